The minimum atomic E-state index is -0.143. The summed E-state index contributed by atoms with van der Waals surface area (Å²) in [7, 11) is 0. The van der Waals surface area contributed by atoms with E-state index in [0.29, 0.717) is 0 Å². The van der Waals surface area contributed by atoms with Crippen LogP contribution < -0.4 is 0 Å². The van der Waals surface area contributed by atoms with Gasteiger partial charge in [-0.1, -0.05) is 24.8 Å². The van der Waals surface area contributed by atoms with E-state index in [9.17, 15) is 4.79 Å². The number of hydrogen-bond acceptors (Lipinski definition) is 2. The Morgan fingerprint density at radius 3 is 2.33 bits per heavy atom. The minimum absolute atomic E-state index is 0.126. The molecule has 84 valence electrons. The van der Waals surface area contributed by atoms with E-state index in [0.717, 1.165) is 19.3 Å². The van der Waals surface area contributed by atoms with Gasteiger partial charge in [-0.25, -0.2) is 4.79 Å². The van der Waals surface area contributed by atoms with Crippen molar-refractivity contribution in [2.75, 3.05) is 0 Å². The Kier molecular flexibility index (Phi) is 3.13. The van der Waals surface area contributed by atoms with E-state index in [1.165, 1.54) is 37.7 Å². The third-order valence-corrected chi connectivity index (χ3v) is 3.55. The molecule has 0 unspecified atom stereocenters. The Morgan fingerprint density at radius 2 is 1.73 bits per heavy atom. The molecule has 1 spiro atoms. The second kappa shape index (κ2) is 4.38. The largest absolute Gasteiger partial charge is 0.456 e. The van der Waals surface area contributed by atoms with Gasteiger partial charge in [0.1, 0.15) is 5.60 Å². The van der Waals surface area contributed by atoms with Crippen LogP contribution in [0, 0.1) is 0 Å². The summed E-state index contributed by atoms with van der Waals surface area (Å²) in [4.78, 5) is 11.4. The average molecular weight is 208 g/mol. The van der Waals surface area contributed by atoms with Crippen molar-refractivity contribution in [1.82, 2.24) is 0 Å². The summed E-state index contributed by atoms with van der Waals surface area (Å²) >= 11 is 0. The zero-order valence-electron chi connectivity index (χ0n) is 9.55. The summed E-state index contributed by atoms with van der Waals surface area (Å²) < 4.78 is 5.61. The molecule has 15 heavy (non-hydrogen) atoms. The molecule has 1 heterocycles. The summed E-state index contributed by atoms with van der Waals surface area (Å²) in [5.74, 6) is -0.126. The zero-order valence-corrected chi connectivity index (χ0v) is 9.55. The molecule has 2 nitrogen and oxygen atoms in total. The predicted octanol–water partition coefficient (Wildman–Crippen LogP) is 3.36. The lowest BCUT2D eigenvalue weighted by atomic mass is 9.81. The Hall–Kier alpha value is -0.790. The quantitative estimate of drug-likeness (QED) is 0.570. The van der Waals surface area contributed by atoms with Crippen LogP contribution in [0.15, 0.2) is 11.6 Å². The van der Waals surface area contributed by atoms with E-state index in [-0.39, 0.29) is 11.6 Å². The molecule has 0 aromatic rings. The summed E-state index contributed by atoms with van der Waals surface area (Å²) in [5, 5.41) is 0. The molecule has 0 atom stereocenters. The molecule has 2 rings (SSSR count). The number of carbonyl (C=O) groups excluding carboxylic acids is 1. The standard InChI is InChI=1S/C13H20O2/c1-11-9-12(14)15-13(10-11)7-5-3-2-4-6-8-13/h9H,2-8,10H2,1H3. The molecule has 2 aliphatic rings. The number of carbonyl (C=O) groups is 1. The maximum atomic E-state index is 11.4. The molecular formula is C13H20O2. The van der Waals surface area contributed by atoms with E-state index >= 15 is 0 Å². The fraction of sp³-hybridized carbons (Fsp3) is 0.769. The van der Waals surface area contributed by atoms with Crippen molar-refractivity contribution in [3.05, 3.63) is 11.6 Å². The van der Waals surface area contributed by atoms with Gasteiger partial charge in [-0.3, -0.25) is 0 Å². The van der Waals surface area contributed by atoms with Crippen LogP contribution in [-0.2, 0) is 9.53 Å². The number of hydrogen-bond donors (Lipinski definition) is 0. The SMILES string of the molecule is CC1=CC(=O)OC2(CCCCCCC2)C1. The smallest absolute Gasteiger partial charge is 0.331 e. The van der Waals surface area contributed by atoms with Gasteiger partial charge < -0.3 is 4.74 Å². The van der Waals surface area contributed by atoms with Gasteiger partial charge >= 0.3 is 5.97 Å². The van der Waals surface area contributed by atoms with E-state index in [1.807, 2.05) is 6.92 Å². The van der Waals surface area contributed by atoms with Crippen molar-refractivity contribution >= 4 is 5.97 Å². The van der Waals surface area contributed by atoms with Gasteiger partial charge in [0, 0.05) is 12.5 Å². The third-order valence-electron chi connectivity index (χ3n) is 3.55. The Labute approximate surface area is 91.7 Å². The lowest BCUT2D eigenvalue weighted by Gasteiger charge is -2.37. The van der Waals surface area contributed by atoms with Gasteiger partial charge in [0.05, 0.1) is 0 Å². The Balaban J connectivity index is 2.09. The van der Waals surface area contributed by atoms with E-state index in [1.54, 1.807) is 6.08 Å². The van der Waals surface area contributed by atoms with Crippen molar-refractivity contribution in [3.8, 4) is 0 Å². The molecule has 0 amide bonds. The first-order valence-corrected chi connectivity index (χ1v) is 6.10. The lowest BCUT2D eigenvalue weighted by Crippen LogP contribution is -2.38. The van der Waals surface area contributed by atoms with Gasteiger partial charge in [-0.15, -0.1) is 0 Å². The molecule has 0 aromatic carbocycles. The van der Waals surface area contributed by atoms with Crippen molar-refractivity contribution in [3.63, 3.8) is 0 Å². The van der Waals surface area contributed by atoms with Crippen molar-refractivity contribution in [2.45, 2.75) is 63.9 Å². The maximum absolute atomic E-state index is 11.4. The van der Waals surface area contributed by atoms with E-state index in [4.69, 9.17) is 4.74 Å². The van der Waals surface area contributed by atoms with Crippen LogP contribution in [-0.4, -0.2) is 11.6 Å². The number of esters is 1. The second-order valence-corrected chi connectivity index (χ2v) is 5.04. The first kappa shape index (κ1) is 10.7. The first-order valence-electron chi connectivity index (χ1n) is 6.10. The topological polar surface area (TPSA) is 26.3 Å². The molecule has 0 N–H and O–H groups in total. The molecule has 0 aromatic heterocycles. The fourth-order valence-corrected chi connectivity index (χ4v) is 2.87. The molecule has 1 fully saturated rings. The maximum Gasteiger partial charge on any atom is 0.331 e. The van der Waals surface area contributed by atoms with Crippen LogP contribution >= 0.6 is 0 Å². The van der Waals surface area contributed by atoms with E-state index in [2.05, 4.69) is 0 Å². The molecule has 0 saturated heterocycles. The zero-order chi connectivity index (χ0) is 10.7. The summed E-state index contributed by atoms with van der Waals surface area (Å²) in [6.45, 7) is 2.04. The highest BCUT2D eigenvalue weighted by molar-refractivity contribution is 5.84. The van der Waals surface area contributed by atoms with Crippen LogP contribution in [0.5, 0.6) is 0 Å². The lowest BCUT2D eigenvalue weighted by molar-refractivity contribution is -0.158. The number of rotatable bonds is 0. The molecule has 0 radical (unpaired) electrons. The highest BCUT2D eigenvalue weighted by Gasteiger charge is 2.36. The van der Waals surface area contributed by atoms with Crippen LogP contribution in [0.2, 0.25) is 0 Å². The summed E-state index contributed by atoms with van der Waals surface area (Å²) in [6.07, 6.45) is 11.1. The summed E-state index contributed by atoms with van der Waals surface area (Å²) in [6, 6.07) is 0. The predicted molar refractivity (Wildman–Crippen MR) is 59.5 cm³/mol. The van der Waals surface area contributed by atoms with Gasteiger partial charge in [0.25, 0.3) is 0 Å². The third kappa shape index (κ3) is 2.61. The van der Waals surface area contributed by atoms with Gasteiger partial charge in [0.2, 0.25) is 0 Å². The molecular weight excluding hydrogens is 188 g/mol. The number of ether oxygens (including phenoxy) is 1. The average Bonchev–Trinajstić information content (AvgIpc) is 2.11. The molecule has 1 aliphatic carbocycles. The van der Waals surface area contributed by atoms with E-state index < -0.39 is 0 Å². The highest BCUT2D eigenvalue weighted by Crippen LogP contribution is 2.37. The Morgan fingerprint density at radius 1 is 1.13 bits per heavy atom. The second-order valence-electron chi connectivity index (χ2n) is 5.04. The van der Waals surface area contributed by atoms with Crippen LogP contribution in [0.4, 0.5) is 0 Å². The van der Waals surface area contributed by atoms with Crippen LogP contribution in [0.1, 0.15) is 58.3 Å². The molecule has 1 saturated carbocycles. The van der Waals surface area contributed by atoms with Gasteiger partial charge in [0.15, 0.2) is 0 Å². The molecule has 2 heteroatoms. The highest BCUT2D eigenvalue weighted by atomic mass is 16.6. The van der Waals surface area contributed by atoms with Crippen molar-refractivity contribution in [2.24, 2.45) is 0 Å². The summed E-state index contributed by atoms with van der Waals surface area (Å²) in [5.41, 5.74) is 1.04. The van der Waals surface area contributed by atoms with Gasteiger partial charge in [-0.2, -0.15) is 0 Å². The van der Waals surface area contributed by atoms with Crippen LogP contribution in [0.3, 0.4) is 0 Å². The fourth-order valence-electron chi connectivity index (χ4n) is 2.87. The Bertz CT molecular complexity index is 270. The molecule has 0 bridgehead atoms. The van der Waals surface area contributed by atoms with Crippen molar-refractivity contribution in [1.29, 1.82) is 0 Å². The van der Waals surface area contributed by atoms with Crippen molar-refractivity contribution < 1.29 is 9.53 Å². The first-order chi connectivity index (χ1) is 7.20. The van der Waals surface area contributed by atoms with Gasteiger partial charge in [-0.05, 0) is 32.6 Å². The minimum Gasteiger partial charge on any atom is -0.456 e. The normalized spacial score (nSPS) is 26.5. The monoisotopic (exact) mass is 208 g/mol. The molecule has 1 aliphatic heterocycles. The van der Waals surface area contributed by atoms with Crippen LogP contribution in [0.25, 0.3) is 0 Å².